The van der Waals surface area contributed by atoms with E-state index in [2.05, 4.69) is 28.4 Å². The average Bonchev–Trinajstić information content (AvgIpc) is 3.51. The van der Waals surface area contributed by atoms with Crippen molar-refractivity contribution in [3.8, 4) is 11.1 Å². The van der Waals surface area contributed by atoms with Crippen LogP contribution in [-0.4, -0.2) is 27.1 Å². The molecule has 0 saturated carbocycles. The Morgan fingerprint density at radius 3 is 2.51 bits per heavy atom. The van der Waals surface area contributed by atoms with Crippen LogP contribution < -0.4 is 5.32 Å². The lowest BCUT2D eigenvalue weighted by Gasteiger charge is -2.21. The van der Waals surface area contributed by atoms with Gasteiger partial charge in [0.15, 0.2) is 5.78 Å². The van der Waals surface area contributed by atoms with E-state index in [1.54, 1.807) is 4.68 Å². The molecule has 1 unspecified atom stereocenters. The molecule has 0 spiro atoms. The van der Waals surface area contributed by atoms with Gasteiger partial charge >= 0.3 is 0 Å². The molecule has 2 aromatic heterocycles. The summed E-state index contributed by atoms with van der Waals surface area (Å²) in [5.74, 6) is 0.260. The highest BCUT2D eigenvalue weighted by Gasteiger charge is 2.25. The first-order valence-electron chi connectivity index (χ1n) is 11.7. The van der Waals surface area contributed by atoms with Gasteiger partial charge in [0.25, 0.3) is 0 Å². The molecular formula is C29H27ClN4O. The molecule has 0 fully saturated rings. The van der Waals surface area contributed by atoms with Gasteiger partial charge in [-0.2, -0.15) is 5.10 Å². The summed E-state index contributed by atoms with van der Waals surface area (Å²) in [6.07, 6.45) is 5.64. The standard InChI is InChI=1S/C29H27ClN4O/c1-19(20-8-11-24(30)12-9-20)15-32-28(21-6-4-3-5-7-21)29(35)26-17-31-27-14-22(10-13-25(26)27)23-16-33-34(2)18-23/h3-14,16-19,28,31-32H,15H2,1-2H3/t19-,28?/m1/s1. The first kappa shape index (κ1) is 23.1. The Morgan fingerprint density at radius 1 is 1.03 bits per heavy atom. The maximum absolute atomic E-state index is 13.9. The predicted octanol–water partition coefficient (Wildman–Crippen LogP) is 6.54. The van der Waals surface area contributed by atoms with Gasteiger partial charge in [0.2, 0.25) is 0 Å². The monoisotopic (exact) mass is 482 g/mol. The molecule has 5 aromatic rings. The van der Waals surface area contributed by atoms with E-state index in [0.29, 0.717) is 12.1 Å². The Morgan fingerprint density at radius 2 is 1.80 bits per heavy atom. The largest absolute Gasteiger partial charge is 0.360 e. The summed E-state index contributed by atoms with van der Waals surface area (Å²) in [7, 11) is 1.90. The summed E-state index contributed by atoms with van der Waals surface area (Å²) < 4.78 is 1.78. The minimum Gasteiger partial charge on any atom is -0.360 e. The number of nitrogens with one attached hydrogen (secondary N) is 2. The van der Waals surface area contributed by atoms with Crippen molar-refractivity contribution in [3.05, 3.63) is 113 Å². The Hall–Kier alpha value is -3.67. The molecule has 2 N–H and O–H groups in total. The van der Waals surface area contributed by atoms with Crippen LogP contribution in [0.4, 0.5) is 0 Å². The molecule has 0 bridgehead atoms. The zero-order valence-electron chi connectivity index (χ0n) is 19.7. The summed E-state index contributed by atoms with van der Waals surface area (Å²) in [6, 6.07) is 23.4. The second-order valence-electron chi connectivity index (χ2n) is 8.93. The fourth-order valence-corrected chi connectivity index (χ4v) is 4.57. The first-order valence-corrected chi connectivity index (χ1v) is 12.1. The van der Waals surface area contributed by atoms with Crippen LogP contribution in [0, 0.1) is 0 Å². The van der Waals surface area contributed by atoms with Crippen LogP contribution in [0.2, 0.25) is 5.02 Å². The molecule has 0 aliphatic carbocycles. The number of H-pyrrole nitrogens is 1. The number of carbonyl (C=O) groups is 1. The van der Waals surface area contributed by atoms with Gasteiger partial charge in [-0.3, -0.25) is 9.48 Å². The lowest BCUT2D eigenvalue weighted by Crippen LogP contribution is -2.31. The lowest BCUT2D eigenvalue weighted by atomic mass is 9.95. The number of halogens is 1. The number of aryl methyl sites for hydroxylation is 1. The fourth-order valence-electron chi connectivity index (χ4n) is 4.45. The van der Waals surface area contributed by atoms with Crippen molar-refractivity contribution in [2.75, 3.05) is 6.54 Å². The summed E-state index contributed by atoms with van der Waals surface area (Å²) in [4.78, 5) is 17.2. The van der Waals surface area contributed by atoms with Crippen molar-refractivity contribution < 1.29 is 4.79 Å². The Balaban J connectivity index is 1.42. The van der Waals surface area contributed by atoms with Crippen LogP contribution in [0.1, 0.15) is 40.4 Å². The molecule has 0 radical (unpaired) electrons. The van der Waals surface area contributed by atoms with E-state index in [1.807, 2.05) is 92.4 Å². The minimum absolute atomic E-state index is 0.0416. The highest BCUT2D eigenvalue weighted by atomic mass is 35.5. The maximum Gasteiger partial charge on any atom is 0.186 e. The van der Waals surface area contributed by atoms with Gasteiger partial charge in [-0.25, -0.2) is 0 Å². The fraction of sp³-hybridized carbons (Fsp3) is 0.172. The highest BCUT2D eigenvalue weighted by Crippen LogP contribution is 2.29. The molecule has 5 nitrogen and oxygen atoms in total. The smallest absolute Gasteiger partial charge is 0.186 e. The van der Waals surface area contributed by atoms with Crippen LogP contribution in [0.5, 0.6) is 0 Å². The van der Waals surface area contributed by atoms with Crippen LogP contribution >= 0.6 is 11.6 Å². The molecule has 3 aromatic carbocycles. The Kier molecular flexibility index (Phi) is 6.53. The first-order chi connectivity index (χ1) is 17.0. The molecule has 0 aliphatic rings. The summed E-state index contributed by atoms with van der Waals surface area (Å²) >= 11 is 6.05. The Bertz CT molecular complexity index is 1450. The second-order valence-corrected chi connectivity index (χ2v) is 9.37. The number of rotatable bonds is 8. The van der Waals surface area contributed by atoms with Gasteiger partial charge in [-0.1, -0.05) is 73.1 Å². The third kappa shape index (κ3) is 4.92. The molecule has 5 rings (SSSR count). The van der Waals surface area contributed by atoms with E-state index < -0.39 is 6.04 Å². The molecule has 2 atom stereocenters. The Labute approximate surface area is 209 Å². The number of ketones is 1. The third-order valence-corrected chi connectivity index (χ3v) is 6.70. The van der Waals surface area contributed by atoms with Gasteiger partial charge in [0, 0.05) is 53.0 Å². The van der Waals surface area contributed by atoms with Gasteiger partial charge < -0.3 is 10.3 Å². The second kappa shape index (κ2) is 9.90. The van der Waals surface area contributed by atoms with Gasteiger partial charge in [0.05, 0.1) is 12.2 Å². The number of carbonyl (C=O) groups excluding carboxylic acids is 1. The zero-order chi connectivity index (χ0) is 24.4. The van der Waals surface area contributed by atoms with Crippen LogP contribution in [0.3, 0.4) is 0 Å². The number of benzene rings is 3. The lowest BCUT2D eigenvalue weighted by molar-refractivity contribution is 0.0944. The van der Waals surface area contributed by atoms with Gasteiger partial charge in [-0.05, 0) is 40.8 Å². The molecule has 176 valence electrons. The molecule has 0 amide bonds. The van der Waals surface area contributed by atoms with E-state index in [0.717, 1.165) is 32.6 Å². The van der Waals surface area contributed by atoms with Crippen molar-refractivity contribution in [2.24, 2.45) is 7.05 Å². The number of aromatic amines is 1. The van der Waals surface area contributed by atoms with E-state index in [-0.39, 0.29) is 11.7 Å². The molecule has 35 heavy (non-hydrogen) atoms. The van der Waals surface area contributed by atoms with E-state index >= 15 is 0 Å². The molecular weight excluding hydrogens is 456 g/mol. The van der Waals surface area contributed by atoms with Crippen molar-refractivity contribution in [1.82, 2.24) is 20.1 Å². The van der Waals surface area contributed by atoms with E-state index in [9.17, 15) is 4.79 Å². The molecule has 2 heterocycles. The molecule has 0 aliphatic heterocycles. The topological polar surface area (TPSA) is 62.7 Å². The molecule has 0 saturated heterocycles. The summed E-state index contributed by atoms with van der Waals surface area (Å²) in [5, 5.41) is 9.43. The summed E-state index contributed by atoms with van der Waals surface area (Å²) in [5.41, 5.74) is 5.82. The number of Topliss-reactive ketones (excluding diaryl/α,β-unsaturated/α-hetero) is 1. The summed E-state index contributed by atoms with van der Waals surface area (Å²) in [6.45, 7) is 2.80. The third-order valence-electron chi connectivity index (χ3n) is 6.45. The number of nitrogens with zero attached hydrogens (tertiary/aromatic N) is 2. The number of fused-ring (bicyclic) bond motifs is 1. The SMILES string of the molecule is C[C@H](CNC(C(=O)c1c[nH]c2cc(-c3cnn(C)c3)ccc12)c1ccccc1)c1ccc(Cl)cc1. The highest BCUT2D eigenvalue weighted by molar-refractivity contribution is 6.30. The van der Waals surface area contributed by atoms with Crippen LogP contribution in [-0.2, 0) is 7.05 Å². The van der Waals surface area contributed by atoms with Crippen LogP contribution in [0.15, 0.2) is 91.4 Å². The van der Waals surface area contributed by atoms with Gasteiger partial charge in [-0.15, -0.1) is 0 Å². The number of aromatic nitrogens is 3. The van der Waals surface area contributed by atoms with E-state index in [4.69, 9.17) is 11.6 Å². The minimum atomic E-state index is -0.456. The predicted molar refractivity (Wildman–Crippen MR) is 142 cm³/mol. The normalized spacial score (nSPS) is 13.1. The van der Waals surface area contributed by atoms with Gasteiger partial charge in [0.1, 0.15) is 0 Å². The average molecular weight is 483 g/mol. The van der Waals surface area contributed by atoms with Crippen molar-refractivity contribution >= 4 is 28.3 Å². The van der Waals surface area contributed by atoms with Crippen molar-refractivity contribution in [2.45, 2.75) is 18.9 Å². The van der Waals surface area contributed by atoms with E-state index in [1.165, 1.54) is 5.56 Å². The quantitative estimate of drug-likeness (QED) is 0.247. The molecule has 6 heteroatoms. The number of hydrogen-bond acceptors (Lipinski definition) is 3. The number of hydrogen-bond donors (Lipinski definition) is 2. The van der Waals surface area contributed by atoms with Crippen LogP contribution in [0.25, 0.3) is 22.0 Å². The van der Waals surface area contributed by atoms with Crippen molar-refractivity contribution in [3.63, 3.8) is 0 Å². The zero-order valence-corrected chi connectivity index (χ0v) is 20.5. The maximum atomic E-state index is 13.9. The van der Waals surface area contributed by atoms with Crippen molar-refractivity contribution in [1.29, 1.82) is 0 Å².